The van der Waals surface area contributed by atoms with Gasteiger partial charge in [-0.15, -0.1) is 10.2 Å². The van der Waals surface area contributed by atoms with E-state index in [1.165, 1.54) is 12.1 Å². The standard InChI is InChI=1S/C18H16FN3O2S/c1-11-3-8-15(12(2)9-11)20-16(23)10-25-18-22-21-17(24-18)13-4-6-14(19)7-5-13/h3-9H,10H2,1-2H3,(H,20,23). The smallest absolute Gasteiger partial charge is 0.277 e. The van der Waals surface area contributed by atoms with Crippen molar-refractivity contribution >= 4 is 23.4 Å². The van der Waals surface area contributed by atoms with Gasteiger partial charge in [0, 0.05) is 11.3 Å². The Balaban J connectivity index is 1.58. The van der Waals surface area contributed by atoms with Crippen LogP contribution in [0.2, 0.25) is 0 Å². The molecule has 0 aliphatic carbocycles. The molecule has 0 fully saturated rings. The minimum atomic E-state index is -0.332. The minimum Gasteiger partial charge on any atom is -0.411 e. The molecule has 0 saturated heterocycles. The first-order chi connectivity index (χ1) is 12.0. The molecule has 0 bridgehead atoms. The lowest BCUT2D eigenvalue weighted by Crippen LogP contribution is -2.14. The van der Waals surface area contributed by atoms with E-state index in [0.29, 0.717) is 5.56 Å². The number of nitrogens with one attached hydrogen (secondary N) is 1. The molecule has 2 aromatic carbocycles. The topological polar surface area (TPSA) is 68.0 Å². The van der Waals surface area contributed by atoms with Gasteiger partial charge < -0.3 is 9.73 Å². The summed E-state index contributed by atoms with van der Waals surface area (Å²) in [5.41, 5.74) is 3.56. The average molecular weight is 357 g/mol. The van der Waals surface area contributed by atoms with Crippen molar-refractivity contribution in [3.63, 3.8) is 0 Å². The summed E-state index contributed by atoms with van der Waals surface area (Å²) < 4.78 is 18.4. The molecule has 1 heterocycles. The number of hydrogen-bond donors (Lipinski definition) is 1. The van der Waals surface area contributed by atoms with Gasteiger partial charge in [0.25, 0.3) is 5.22 Å². The van der Waals surface area contributed by atoms with Gasteiger partial charge >= 0.3 is 0 Å². The van der Waals surface area contributed by atoms with Crippen molar-refractivity contribution in [3.05, 3.63) is 59.4 Å². The van der Waals surface area contributed by atoms with Crippen molar-refractivity contribution in [2.45, 2.75) is 19.1 Å². The third-order valence-electron chi connectivity index (χ3n) is 3.48. The molecule has 7 heteroatoms. The van der Waals surface area contributed by atoms with Gasteiger partial charge in [-0.05, 0) is 49.7 Å². The zero-order valence-corrected chi connectivity index (χ0v) is 14.6. The molecule has 1 aromatic heterocycles. The first kappa shape index (κ1) is 17.2. The normalized spacial score (nSPS) is 10.7. The van der Waals surface area contributed by atoms with Crippen molar-refractivity contribution in [3.8, 4) is 11.5 Å². The molecule has 0 radical (unpaired) electrons. The van der Waals surface area contributed by atoms with Gasteiger partial charge in [-0.25, -0.2) is 4.39 Å². The van der Waals surface area contributed by atoms with Gasteiger partial charge in [-0.3, -0.25) is 4.79 Å². The van der Waals surface area contributed by atoms with Crippen molar-refractivity contribution in [1.29, 1.82) is 0 Å². The number of hydrogen-bond acceptors (Lipinski definition) is 5. The quantitative estimate of drug-likeness (QED) is 0.692. The number of nitrogens with zero attached hydrogens (tertiary/aromatic N) is 2. The van der Waals surface area contributed by atoms with Crippen LogP contribution in [0.15, 0.2) is 52.1 Å². The van der Waals surface area contributed by atoms with E-state index in [-0.39, 0.29) is 28.6 Å². The molecule has 0 unspecified atom stereocenters. The van der Waals surface area contributed by atoms with Crippen LogP contribution in [0.3, 0.4) is 0 Å². The highest BCUT2D eigenvalue weighted by Crippen LogP contribution is 2.24. The molecule has 1 amide bonds. The maximum atomic E-state index is 12.9. The lowest BCUT2D eigenvalue weighted by atomic mass is 10.1. The lowest BCUT2D eigenvalue weighted by Gasteiger charge is -2.08. The lowest BCUT2D eigenvalue weighted by molar-refractivity contribution is -0.113. The van der Waals surface area contributed by atoms with Crippen LogP contribution in [0.5, 0.6) is 0 Å². The third-order valence-corrected chi connectivity index (χ3v) is 4.30. The zero-order chi connectivity index (χ0) is 17.8. The number of aromatic nitrogens is 2. The summed E-state index contributed by atoms with van der Waals surface area (Å²) in [6.07, 6.45) is 0. The summed E-state index contributed by atoms with van der Waals surface area (Å²) in [6.45, 7) is 3.95. The number of anilines is 1. The summed E-state index contributed by atoms with van der Waals surface area (Å²) in [4.78, 5) is 12.1. The Morgan fingerprint density at radius 1 is 1.16 bits per heavy atom. The number of thioether (sulfide) groups is 1. The predicted molar refractivity (Wildman–Crippen MR) is 95.0 cm³/mol. The van der Waals surface area contributed by atoms with E-state index in [2.05, 4.69) is 15.5 Å². The molecule has 0 saturated carbocycles. The Morgan fingerprint density at radius 3 is 2.64 bits per heavy atom. The fourth-order valence-electron chi connectivity index (χ4n) is 2.24. The van der Waals surface area contributed by atoms with E-state index < -0.39 is 0 Å². The summed E-state index contributed by atoms with van der Waals surface area (Å²) in [5, 5.41) is 11.0. The maximum Gasteiger partial charge on any atom is 0.277 e. The summed E-state index contributed by atoms with van der Waals surface area (Å²) in [5.74, 6) is -0.0463. The molecule has 1 N–H and O–H groups in total. The van der Waals surface area contributed by atoms with Crippen molar-refractivity contribution in [1.82, 2.24) is 10.2 Å². The molecule has 128 valence electrons. The molecule has 5 nitrogen and oxygen atoms in total. The van der Waals surface area contributed by atoms with Gasteiger partial charge in [0.15, 0.2) is 0 Å². The second-order valence-corrected chi connectivity index (χ2v) is 6.46. The second kappa shape index (κ2) is 7.48. The SMILES string of the molecule is Cc1ccc(NC(=O)CSc2nnc(-c3ccc(F)cc3)o2)c(C)c1. The minimum absolute atomic E-state index is 0.151. The van der Waals surface area contributed by atoms with Crippen LogP contribution in [0.1, 0.15) is 11.1 Å². The maximum absolute atomic E-state index is 12.9. The fraction of sp³-hybridized carbons (Fsp3) is 0.167. The molecule has 3 aromatic rings. The second-order valence-electron chi connectivity index (χ2n) is 5.54. The monoisotopic (exact) mass is 357 g/mol. The van der Waals surface area contributed by atoms with Gasteiger partial charge in [0.2, 0.25) is 11.8 Å². The zero-order valence-electron chi connectivity index (χ0n) is 13.7. The van der Waals surface area contributed by atoms with Crippen LogP contribution < -0.4 is 5.32 Å². The Kier molecular flexibility index (Phi) is 5.14. The van der Waals surface area contributed by atoms with Crippen LogP contribution in [-0.2, 0) is 4.79 Å². The number of aryl methyl sites for hydroxylation is 2. The largest absolute Gasteiger partial charge is 0.411 e. The van der Waals surface area contributed by atoms with E-state index in [1.54, 1.807) is 12.1 Å². The molecule has 25 heavy (non-hydrogen) atoms. The number of carbonyl (C=O) groups excluding carboxylic acids is 1. The number of halogens is 1. The van der Waals surface area contributed by atoms with E-state index >= 15 is 0 Å². The van der Waals surface area contributed by atoms with E-state index in [0.717, 1.165) is 28.6 Å². The van der Waals surface area contributed by atoms with Crippen LogP contribution in [0.4, 0.5) is 10.1 Å². The summed E-state index contributed by atoms with van der Waals surface area (Å²) >= 11 is 1.15. The first-order valence-corrected chi connectivity index (χ1v) is 8.59. The van der Waals surface area contributed by atoms with Gasteiger partial charge in [-0.1, -0.05) is 29.5 Å². The van der Waals surface area contributed by atoms with Crippen LogP contribution in [0, 0.1) is 19.7 Å². The molecule has 0 aliphatic heterocycles. The Morgan fingerprint density at radius 2 is 1.92 bits per heavy atom. The molecule has 0 aliphatic rings. The Hall–Kier alpha value is -2.67. The first-order valence-electron chi connectivity index (χ1n) is 7.60. The number of rotatable bonds is 5. The van der Waals surface area contributed by atoms with Crippen LogP contribution >= 0.6 is 11.8 Å². The molecular weight excluding hydrogens is 341 g/mol. The molecule has 3 rings (SSSR count). The Bertz CT molecular complexity index is 894. The van der Waals surface area contributed by atoms with Crippen LogP contribution in [0.25, 0.3) is 11.5 Å². The van der Waals surface area contributed by atoms with Crippen LogP contribution in [-0.4, -0.2) is 21.9 Å². The number of carbonyl (C=O) groups is 1. The Labute approximate surface area is 148 Å². The summed E-state index contributed by atoms with van der Waals surface area (Å²) in [7, 11) is 0. The highest BCUT2D eigenvalue weighted by Gasteiger charge is 2.12. The van der Waals surface area contributed by atoms with Crippen molar-refractivity contribution < 1.29 is 13.6 Å². The van der Waals surface area contributed by atoms with E-state index in [4.69, 9.17) is 4.42 Å². The fourth-order valence-corrected chi connectivity index (χ4v) is 2.81. The average Bonchev–Trinajstić information content (AvgIpc) is 3.05. The highest BCUT2D eigenvalue weighted by atomic mass is 32.2. The highest BCUT2D eigenvalue weighted by molar-refractivity contribution is 7.99. The van der Waals surface area contributed by atoms with Crippen molar-refractivity contribution in [2.75, 3.05) is 11.1 Å². The number of benzene rings is 2. The van der Waals surface area contributed by atoms with Crippen molar-refractivity contribution in [2.24, 2.45) is 0 Å². The van der Waals surface area contributed by atoms with E-state index in [9.17, 15) is 9.18 Å². The number of amides is 1. The molecule has 0 spiro atoms. The molecular formula is C18H16FN3O2S. The van der Waals surface area contributed by atoms with Gasteiger partial charge in [0.1, 0.15) is 5.82 Å². The third kappa shape index (κ3) is 4.45. The predicted octanol–water partition coefficient (Wildman–Crippen LogP) is 4.22. The van der Waals surface area contributed by atoms with Gasteiger partial charge in [0.05, 0.1) is 5.75 Å². The van der Waals surface area contributed by atoms with E-state index in [1.807, 2.05) is 32.0 Å². The summed E-state index contributed by atoms with van der Waals surface area (Å²) in [6, 6.07) is 11.6. The van der Waals surface area contributed by atoms with Gasteiger partial charge in [-0.2, -0.15) is 0 Å². The molecule has 0 atom stereocenters.